The van der Waals surface area contributed by atoms with Gasteiger partial charge in [0, 0.05) is 12.7 Å². The van der Waals surface area contributed by atoms with Crippen LogP contribution in [-0.4, -0.2) is 41.3 Å². The van der Waals surface area contributed by atoms with Crippen molar-refractivity contribution in [2.24, 2.45) is 4.99 Å². The van der Waals surface area contributed by atoms with E-state index in [-0.39, 0.29) is 10.7 Å². The third-order valence-electron chi connectivity index (χ3n) is 3.91. The second-order valence-corrected chi connectivity index (χ2v) is 6.67. The molecule has 0 aliphatic carbocycles. The van der Waals surface area contributed by atoms with Gasteiger partial charge in [-0.25, -0.2) is 9.69 Å². The van der Waals surface area contributed by atoms with E-state index in [0.29, 0.717) is 10.6 Å². The second-order valence-electron chi connectivity index (χ2n) is 5.83. The Labute approximate surface area is 169 Å². The number of imide groups is 1. The number of alkyl halides is 3. The Hall–Kier alpha value is -2.71. The second kappa shape index (κ2) is 7.73. The van der Waals surface area contributed by atoms with E-state index in [2.05, 4.69) is 10.3 Å². The maximum Gasteiger partial charge on any atom is 0.378 e. The number of hydrogen-bond acceptors (Lipinski definition) is 4. The van der Waals surface area contributed by atoms with Crippen LogP contribution >= 0.6 is 23.2 Å². The number of rotatable bonds is 5. The average molecular weight is 427 g/mol. The van der Waals surface area contributed by atoms with Crippen molar-refractivity contribution in [3.63, 3.8) is 0 Å². The Morgan fingerprint density at radius 1 is 1.07 bits per heavy atom. The maximum absolute atomic E-state index is 14.5. The molecule has 0 aromatic heterocycles. The number of benzene rings is 2. The van der Waals surface area contributed by atoms with Crippen LogP contribution in [0.1, 0.15) is 0 Å². The van der Waals surface area contributed by atoms with Gasteiger partial charge in [0.2, 0.25) is 5.84 Å². The highest BCUT2D eigenvalue weighted by Gasteiger charge is 2.47. The first-order valence-corrected chi connectivity index (χ1v) is 8.84. The molecule has 1 N–H and O–H groups in total. The minimum atomic E-state index is -3.88. The van der Waals surface area contributed by atoms with Gasteiger partial charge in [0.15, 0.2) is 5.50 Å². The first kappa shape index (κ1) is 20.0. The van der Waals surface area contributed by atoms with E-state index < -0.39 is 29.3 Å². The molecule has 2 aromatic carbocycles. The zero-order valence-corrected chi connectivity index (χ0v) is 16.0. The van der Waals surface area contributed by atoms with Crippen LogP contribution in [0.15, 0.2) is 59.6 Å². The molecular formula is C18H14Cl2F2N4O2. The molecule has 1 saturated heterocycles. The SMILES string of the molecule is CN1C(=O)N(c2ccccc2Cl)C(=O)C1=NC(F)(F)C(Cl)Nc1ccccc1. The summed E-state index contributed by atoms with van der Waals surface area (Å²) in [6, 6.07) is 9.43. The lowest BCUT2D eigenvalue weighted by Gasteiger charge is -2.21. The molecule has 3 rings (SSSR count). The molecule has 0 spiro atoms. The normalized spacial score (nSPS) is 17.4. The molecule has 1 aliphatic rings. The number of anilines is 2. The van der Waals surface area contributed by atoms with Crippen molar-refractivity contribution in [2.45, 2.75) is 11.5 Å². The van der Waals surface area contributed by atoms with Crippen molar-refractivity contribution >= 4 is 52.4 Å². The summed E-state index contributed by atoms with van der Waals surface area (Å²) in [5, 5.41) is 2.53. The van der Waals surface area contributed by atoms with Crippen molar-refractivity contribution in [1.82, 2.24) is 4.90 Å². The third-order valence-corrected chi connectivity index (χ3v) is 4.60. The van der Waals surface area contributed by atoms with E-state index in [4.69, 9.17) is 23.2 Å². The van der Waals surface area contributed by atoms with Crippen LogP contribution in [0.25, 0.3) is 0 Å². The van der Waals surface area contributed by atoms with Gasteiger partial charge < -0.3 is 5.32 Å². The van der Waals surface area contributed by atoms with Gasteiger partial charge in [-0.05, 0) is 24.3 Å². The topological polar surface area (TPSA) is 65.0 Å². The van der Waals surface area contributed by atoms with Gasteiger partial charge >= 0.3 is 18.0 Å². The largest absolute Gasteiger partial charge is 0.378 e. The van der Waals surface area contributed by atoms with Gasteiger partial charge in [0.05, 0.1) is 10.7 Å². The molecular weight excluding hydrogens is 413 g/mol. The molecule has 2 aromatic rings. The highest BCUT2D eigenvalue weighted by Crippen LogP contribution is 2.32. The number of hydrogen-bond donors (Lipinski definition) is 1. The Balaban J connectivity index is 1.89. The van der Waals surface area contributed by atoms with Gasteiger partial charge in [0.1, 0.15) is 0 Å². The number of nitrogens with one attached hydrogen (secondary N) is 1. The van der Waals surface area contributed by atoms with E-state index in [1.54, 1.807) is 42.5 Å². The number of urea groups is 1. The zero-order valence-electron chi connectivity index (χ0n) is 14.4. The Morgan fingerprint density at radius 2 is 1.68 bits per heavy atom. The summed E-state index contributed by atoms with van der Waals surface area (Å²) in [4.78, 5) is 29.6. The highest BCUT2D eigenvalue weighted by atomic mass is 35.5. The van der Waals surface area contributed by atoms with Crippen LogP contribution in [0.5, 0.6) is 0 Å². The van der Waals surface area contributed by atoms with Crippen LogP contribution in [0, 0.1) is 0 Å². The maximum atomic E-state index is 14.5. The summed E-state index contributed by atoms with van der Waals surface area (Å²) in [6.07, 6.45) is 0. The molecule has 3 amide bonds. The molecule has 6 nitrogen and oxygen atoms in total. The number of likely N-dealkylation sites (N-methyl/N-ethyl adjacent to an activating group) is 1. The molecule has 1 aliphatic heterocycles. The quantitative estimate of drug-likeness (QED) is 0.437. The van der Waals surface area contributed by atoms with E-state index in [1.165, 1.54) is 19.2 Å². The summed E-state index contributed by atoms with van der Waals surface area (Å²) in [5.41, 5.74) is -1.53. The summed E-state index contributed by atoms with van der Waals surface area (Å²) in [6.45, 7) is 0. The molecule has 0 radical (unpaired) electrons. The van der Waals surface area contributed by atoms with Crippen molar-refractivity contribution in [1.29, 1.82) is 0 Å². The first-order valence-electron chi connectivity index (χ1n) is 8.02. The van der Waals surface area contributed by atoms with Gasteiger partial charge in [-0.15, -0.1) is 0 Å². The number of carbonyl (C=O) groups is 2. The predicted octanol–water partition coefficient (Wildman–Crippen LogP) is 4.41. The fourth-order valence-electron chi connectivity index (χ4n) is 2.50. The van der Waals surface area contributed by atoms with Gasteiger partial charge in [0.25, 0.3) is 0 Å². The molecule has 0 saturated carbocycles. The average Bonchev–Trinajstić information content (AvgIpc) is 2.86. The zero-order chi connectivity index (χ0) is 20.5. The number of amides is 3. The van der Waals surface area contributed by atoms with Crippen molar-refractivity contribution < 1.29 is 18.4 Å². The number of para-hydroxylation sites is 2. The monoisotopic (exact) mass is 426 g/mol. The van der Waals surface area contributed by atoms with Crippen LogP contribution in [-0.2, 0) is 4.79 Å². The Bertz CT molecular complexity index is 940. The molecule has 10 heteroatoms. The number of nitrogens with zero attached hydrogens (tertiary/aromatic N) is 3. The smallest absolute Gasteiger partial charge is 0.363 e. The highest BCUT2D eigenvalue weighted by molar-refractivity contribution is 6.55. The number of carbonyl (C=O) groups excluding carboxylic acids is 2. The van der Waals surface area contributed by atoms with Crippen molar-refractivity contribution in [3.8, 4) is 0 Å². The Kier molecular flexibility index (Phi) is 5.53. The number of halogens is 4. The fourth-order valence-corrected chi connectivity index (χ4v) is 2.90. The third kappa shape index (κ3) is 3.79. The lowest BCUT2D eigenvalue weighted by molar-refractivity contribution is -0.111. The van der Waals surface area contributed by atoms with Crippen LogP contribution in [0.3, 0.4) is 0 Å². The standard InChI is InChI=1S/C18H14Cl2F2N4O2/c1-25-14(15(27)26(17(25)28)13-10-6-5-9-12(13)19)24-18(21,22)16(20)23-11-7-3-2-4-8-11/h2-10,16,23H,1H3. The minimum absolute atomic E-state index is 0.0735. The molecule has 1 unspecified atom stereocenters. The molecule has 0 bridgehead atoms. The fraction of sp³-hybridized carbons (Fsp3) is 0.167. The summed E-state index contributed by atoms with van der Waals surface area (Å²) >= 11 is 11.8. The van der Waals surface area contributed by atoms with E-state index in [9.17, 15) is 18.4 Å². The molecule has 146 valence electrons. The summed E-state index contributed by atoms with van der Waals surface area (Å²) in [5.74, 6) is -1.76. The predicted molar refractivity (Wildman–Crippen MR) is 104 cm³/mol. The van der Waals surface area contributed by atoms with Crippen LogP contribution in [0.4, 0.5) is 25.0 Å². The van der Waals surface area contributed by atoms with Gasteiger partial charge in [-0.2, -0.15) is 13.8 Å². The molecule has 28 heavy (non-hydrogen) atoms. The lowest BCUT2D eigenvalue weighted by atomic mass is 10.3. The summed E-state index contributed by atoms with van der Waals surface area (Å²) in [7, 11) is 1.17. The summed E-state index contributed by atoms with van der Waals surface area (Å²) < 4.78 is 29.0. The number of aliphatic imine (C=N–C) groups is 1. The van der Waals surface area contributed by atoms with Crippen LogP contribution in [0.2, 0.25) is 5.02 Å². The molecule has 1 fully saturated rings. The molecule has 1 atom stereocenters. The van der Waals surface area contributed by atoms with Gasteiger partial charge in [-0.3, -0.25) is 9.69 Å². The van der Waals surface area contributed by atoms with Crippen molar-refractivity contribution in [3.05, 3.63) is 59.6 Å². The van der Waals surface area contributed by atoms with E-state index in [1.807, 2.05) is 0 Å². The number of amidine groups is 1. The minimum Gasteiger partial charge on any atom is -0.363 e. The van der Waals surface area contributed by atoms with Crippen molar-refractivity contribution in [2.75, 3.05) is 17.3 Å². The van der Waals surface area contributed by atoms with Crippen LogP contribution < -0.4 is 10.2 Å². The Morgan fingerprint density at radius 3 is 2.32 bits per heavy atom. The van der Waals surface area contributed by atoms with Gasteiger partial charge in [-0.1, -0.05) is 53.5 Å². The first-order chi connectivity index (χ1) is 13.2. The van der Waals surface area contributed by atoms with E-state index >= 15 is 0 Å². The lowest BCUT2D eigenvalue weighted by Crippen LogP contribution is -2.37. The van der Waals surface area contributed by atoms with E-state index in [0.717, 1.165) is 4.90 Å². The molecule has 1 heterocycles.